The Kier molecular flexibility index (Phi) is 5.92. The van der Waals surface area contributed by atoms with E-state index >= 15 is 0 Å². The first-order valence-corrected chi connectivity index (χ1v) is 9.86. The molecule has 0 aliphatic heterocycles. The largest absolute Gasteiger partial charge is 0.390 e. The number of aliphatic hydroxyl groups is 2. The number of benzene rings is 1. The Hall–Kier alpha value is -1.74. The Morgan fingerprint density at radius 1 is 1.27 bits per heavy atom. The Balaban J connectivity index is 2.25. The number of aromatic nitrogens is 1. The van der Waals surface area contributed by atoms with Crippen LogP contribution in [0.25, 0.3) is 11.1 Å². The molecule has 8 heteroatoms. The van der Waals surface area contributed by atoms with Crippen LogP contribution < -0.4 is 4.72 Å². The fraction of sp³-hybridized carbons (Fsp3) is 0.500. The van der Waals surface area contributed by atoms with Gasteiger partial charge in [-0.2, -0.15) is 0 Å². The average molecular weight is 382 g/mol. The molecule has 0 saturated heterocycles. The lowest BCUT2D eigenvalue weighted by Crippen LogP contribution is -2.38. The van der Waals surface area contributed by atoms with Gasteiger partial charge in [0.15, 0.2) is 0 Å². The highest BCUT2D eigenvalue weighted by Crippen LogP contribution is 2.30. The minimum Gasteiger partial charge on any atom is -0.390 e. The summed E-state index contributed by atoms with van der Waals surface area (Å²) in [5.41, 5.74) is 1.50. The normalized spacial score (nSPS) is 13.8. The predicted molar refractivity (Wildman–Crippen MR) is 98.3 cm³/mol. The van der Waals surface area contributed by atoms with E-state index in [1.54, 1.807) is 32.9 Å². The molecule has 7 nitrogen and oxygen atoms in total. The molecule has 0 saturated carbocycles. The number of aliphatic hydroxyl groups excluding tert-OH is 1. The van der Waals surface area contributed by atoms with E-state index in [2.05, 4.69) is 9.88 Å². The zero-order valence-electron chi connectivity index (χ0n) is 15.7. The first-order chi connectivity index (χ1) is 11.9. The predicted octanol–water partition coefficient (Wildman–Crippen LogP) is 2.07. The topological polar surface area (TPSA) is 113 Å². The summed E-state index contributed by atoms with van der Waals surface area (Å²) in [7, 11) is -3.77. The minimum atomic E-state index is -3.77. The van der Waals surface area contributed by atoms with Gasteiger partial charge in [0.2, 0.25) is 10.0 Å². The van der Waals surface area contributed by atoms with Crippen molar-refractivity contribution in [3.63, 3.8) is 0 Å². The maximum Gasteiger partial charge on any atom is 0.240 e. The van der Waals surface area contributed by atoms with Gasteiger partial charge < -0.3 is 14.7 Å². The van der Waals surface area contributed by atoms with Gasteiger partial charge in [0, 0.05) is 12.1 Å². The Morgan fingerprint density at radius 2 is 1.92 bits per heavy atom. The van der Waals surface area contributed by atoms with E-state index in [0.717, 1.165) is 5.56 Å². The highest BCUT2D eigenvalue weighted by Gasteiger charge is 2.25. The van der Waals surface area contributed by atoms with E-state index in [1.807, 2.05) is 6.07 Å². The van der Waals surface area contributed by atoms with Crippen molar-refractivity contribution >= 4 is 10.0 Å². The summed E-state index contributed by atoms with van der Waals surface area (Å²) in [6.07, 6.45) is -0.925. The lowest BCUT2D eigenvalue weighted by Gasteiger charge is -2.24. The molecule has 0 aliphatic rings. The molecule has 144 valence electrons. The first-order valence-electron chi connectivity index (χ1n) is 8.37. The minimum absolute atomic E-state index is 0.0163. The first kappa shape index (κ1) is 20.6. The van der Waals surface area contributed by atoms with Crippen LogP contribution in [0.3, 0.4) is 0 Å². The third-order valence-corrected chi connectivity index (χ3v) is 5.93. The van der Waals surface area contributed by atoms with E-state index in [0.29, 0.717) is 22.6 Å². The van der Waals surface area contributed by atoms with Crippen molar-refractivity contribution in [2.75, 3.05) is 6.54 Å². The van der Waals surface area contributed by atoms with Crippen LogP contribution in [-0.2, 0) is 10.0 Å². The molecule has 3 N–H and O–H groups in total. The van der Waals surface area contributed by atoms with Gasteiger partial charge in [0.1, 0.15) is 5.76 Å². The molecule has 1 aromatic carbocycles. The molecule has 1 aromatic heterocycles. The van der Waals surface area contributed by atoms with Crippen molar-refractivity contribution in [2.24, 2.45) is 0 Å². The van der Waals surface area contributed by atoms with Gasteiger partial charge >= 0.3 is 0 Å². The van der Waals surface area contributed by atoms with E-state index in [4.69, 9.17) is 4.52 Å². The Morgan fingerprint density at radius 3 is 2.46 bits per heavy atom. The zero-order valence-corrected chi connectivity index (χ0v) is 16.5. The third kappa shape index (κ3) is 4.50. The van der Waals surface area contributed by atoms with Crippen LogP contribution in [-0.4, -0.2) is 42.0 Å². The standard InChI is InChI=1S/C18H26N2O5S/c1-11-6-7-14(17-12(2)20-25-13(17)3)10-15(11)26(23,24)19-9-8-16(21)18(4,5)22/h6-7,10,16,19,21-22H,8-9H2,1-5H3. The summed E-state index contributed by atoms with van der Waals surface area (Å²) >= 11 is 0. The molecule has 0 amide bonds. The number of hydrogen-bond donors (Lipinski definition) is 3. The zero-order chi connectivity index (χ0) is 19.7. The van der Waals surface area contributed by atoms with Crippen molar-refractivity contribution in [1.29, 1.82) is 0 Å². The molecule has 1 unspecified atom stereocenters. The summed E-state index contributed by atoms with van der Waals surface area (Å²) in [5, 5.41) is 23.5. The second kappa shape index (κ2) is 7.48. The van der Waals surface area contributed by atoms with Crippen LogP contribution in [0.5, 0.6) is 0 Å². The molecule has 1 atom stereocenters. The van der Waals surface area contributed by atoms with E-state index in [9.17, 15) is 18.6 Å². The number of hydrogen-bond acceptors (Lipinski definition) is 6. The smallest absolute Gasteiger partial charge is 0.240 e. The fourth-order valence-electron chi connectivity index (χ4n) is 2.70. The van der Waals surface area contributed by atoms with Gasteiger partial charge in [0.25, 0.3) is 0 Å². The Bertz CT molecular complexity index is 862. The maximum absolute atomic E-state index is 12.7. The van der Waals surface area contributed by atoms with Gasteiger partial charge in [-0.3, -0.25) is 0 Å². The highest BCUT2D eigenvalue weighted by atomic mass is 32.2. The molecule has 2 rings (SSSR count). The molecule has 0 fully saturated rings. The van der Waals surface area contributed by atoms with E-state index < -0.39 is 21.7 Å². The Labute approximate surface area is 154 Å². The van der Waals surface area contributed by atoms with Gasteiger partial charge in [-0.05, 0) is 58.2 Å². The molecule has 0 radical (unpaired) electrons. The number of nitrogens with zero attached hydrogens (tertiary/aromatic N) is 1. The van der Waals surface area contributed by atoms with Gasteiger partial charge in [-0.25, -0.2) is 13.1 Å². The lowest BCUT2D eigenvalue weighted by molar-refractivity contribution is -0.0503. The summed E-state index contributed by atoms with van der Waals surface area (Å²) in [5.74, 6) is 0.621. The molecular weight excluding hydrogens is 356 g/mol. The van der Waals surface area contributed by atoms with Crippen molar-refractivity contribution in [2.45, 2.75) is 57.6 Å². The summed E-state index contributed by atoms with van der Waals surface area (Å²) < 4.78 is 33.0. The second-order valence-electron chi connectivity index (χ2n) is 7.04. The van der Waals surface area contributed by atoms with E-state index in [1.165, 1.54) is 13.8 Å². The molecule has 1 heterocycles. The SMILES string of the molecule is Cc1ccc(-c2c(C)noc2C)cc1S(=O)(=O)NCCC(O)C(C)(C)O. The molecule has 26 heavy (non-hydrogen) atoms. The van der Waals surface area contributed by atoms with Gasteiger partial charge in [0.05, 0.1) is 22.3 Å². The molecule has 0 aliphatic carbocycles. The third-order valence-electron chi connectivity index (χ3n) is 4.33. The lowest BCUT2D eigenvalue weighted by atomic mass is 9.99. The molecule has 0 spiro atoms. The maximum atomic E-state index is 12.7. The number of nitrogens with one attached hydrogen (secondary N) is 1. The van der Waals surface area contributed by atoms with Crippen LogP contribution >= 0.6 is 0 Å². The van der Waals surface area contributed by atoms with Crippen molar-refractivity contribution in [1.82, 2.24) is 9.88 Å². The van der Waals surface area contributed by atoms with Crippen molar-refractivity contribution < 1.29 is 23.2 Å². The molecule has 2 aromatic rings. The monoisotopic (exact) mass is 382 g/mol. The van der Waals surface area contributed by atoms with Crippen LogP contribution in [0.1, 0.15) is 37.3 Å². The number of aryl methyl sites for hydroxylation is 3. The fourth-order valence-corrected chi connectivity index (χ4v) is 4.02. The van der Waals surface area contributed by atoms with E-state index in [-0.39, 0.29) is 17.9 Å². The van der Waals surface area contributed by atoms with Crippen LogP contribution in [0.4, 0.5) is 0 Å². The molecular formula is C18H26N2O5S. The number of rotatable bonds is 7. The van der Waals surface area contributed by atoms with Crippen molar-refractivity contribution in [3.05, 3.63) is 35.2 Å². The second-order valence-corrected chi connectivity index (χ2v) is 8.77. The summed E-state index contributed by atoms with van der Waals surface area (Å²) in [6, 6.07) is 5.16. The van der Waals surface area contributed by atoms with Crippen LogP contribution in [0, 0.1) is 20.8 Å². The summed E-state index contributed by atoms with van der Waals surface area (Å²) in [6.45, 7) is 8.27. The van der Waals surface area contributed by atoms with Gasteiger partial charge in [-0.15, -0.1) is 0 Å². The quantitative estimate of drug-likeness (QED) is 0.676. The number of sulfonamides is 1. The average Bonchev–Trinajstić information content (AvgIpc) is 2.85. The molecule has 0 bridgehead atoms. The van der Waals surface area contributed by atoms with Crippen LogP contribution in [0.2, 0.25) is 0 Å². The summed E-state index contributed by atoms with van der Waals surface area (Å²) in [4.78, 5) is 0.160. The highest BCUT2D eigenvalue weighted by molar-refractivity contribution is 7.89. The van der Waals surface area contributed by atoms with Crippen molar-refractivity contribution in [3.8, 4) is 11.1 Å². The van der Waals surface area contributed by atoms with Crippen LogP contribution in [0.15, 0.2) is 27.6 Å². The van der Waals surface area contributed by atoms with Gasteiger partial charge in [-0.1, -0.05) is 17.3 Å².